The molecule has 1 aromatic heterocycles. The summed E-state index contributed by atoms with van der Waals surface area (Å²) in [5.41, 5.74) is 1.27. The fourth-order valence-corrected chi connectivity index (χ4v) is 5.85. The SMILES string of the molecule is CCCN1[C@H](C(=O)NC2CCC2)[C@@H](CO)[C@@H]2Cn3c(ccc(-c4ccccc4F)c3=O)[C@@H]21. The number of pyridine rings is 1. The number of amides is 1. The molecule has 170 valence electrons. The zero-order chi connectivity index (χ0) is 22.4. The third-order valence-corrected chi connectivity index (χ3v) is 7.56. The maximum absolute atomic E-state index is 14.4. The topological polar surface area (TPSA) is 74.6 Å². The van der Waals surface area contributed by atoms with Crippen LogP contribution >= 0.6 is 0 Å². The summed E-state index contributed by atoms with van der Waals surface area (Å²) in [5.74, 6) is -0.708. The highest BCUT2D eigenvalue weighted by atomic mass is 19.1. The molecular formula is C25H30FN3O3. The number of nitrogens with zero attached hydrogens (tertiary/aromatic N) is 2. The maximum atomic E-state index is 14.4. The summed E-state index contributed by atoms with van der Waals surface area (Å²) in [4.78, 5) is 28.7. The zero-order valence-electron chi connectivity index (χ0n) is 18.3. The minimum absolute atomic E-state index is 0.00604. The Bertz CT molecular complexity index is 1080. The molecule has 1 aliphatic carbocycles. The Morgan fingerprint density at radius 1 is 1.19 bits per heavy atom. The highest BCUT2D eigenvalue weighted by Gasteiger charge is 2.55. The number of halogens is 1. The predicted molar refractivity (Wildman–Crippen MR) is 119 cm³/mol. The summed E-state index contributed by atoms with van der Waals surface area (Å²) >= 11 is 0. The first-order chi connectivity index (χ1) is 15.5. The predicted octanol–water partition coefficient (Wildman–Crippen LogP) is 2.70. The average Bonchev–Trinajstić information content (AvgIpc) is 3.27. The summed E-state index contributed by atoms with van der Waals surface area (Å²) in [5, 5.41) is 13.5. The fraction of sp³-hybridized carbons (Fsp3) is 0.520. The molecule has 7 heteroatoms. The molecule has 5 rings (SSSR count). The lowest BCUT2D eigenvalue weighted by Gasteiger charge is -2.34. The Labute approximate surface area is 187 Å². The molecule has 6 nitrogen and oxygen atoms in total. The molecule has 1 saturated heterocycles. The second kappa shape index (κ2) is 8.45. The number of aromatic nitrogens is 1. The molecule has 4 atom stereocenters. The molecular weight excluding hydrogens is 409 g/mol. The minimum Gasteiger partial charge on any atom is -0.396 e. The van der Waals surface area contributed by atoms with Gasteiger partial charge in [0.2, 0.25) is 5.91 Å². The van der Waals surface area contributed by atoms with Crippen LogP contribution < -0.4 is 10.9 Å². The second-order valence-corrected chi connectivity index (χ2v) is 9.34. The third-order valence-electron chi connectivity index (χ3n) is 7.56. The number of benzene rings is 1. The van der Waals surface area contributed by atoms with Gasteiger partial charge in [0.1, 0.15) is 5.82 Å². The Morgan fingerprint density at radius 3 is 2.62 bits per heavy atom. The van der Waals surface area contributed by atoms with Crippen LogP contribution in [0.15, 0.2) is 41.2 Å². The van der Waals surface area contributed by atoms with Gasteiger partial charge in [0.15, 0.2) is 0 Å². The normalized spacial score (nSPS) is 27.1. The number of rotatable bonds is 6. The van der Waals surface area contributed by atoms with Crippen molar-refractivity contribution in [2.24, 2.45) is 11.8 Å². The van der Waals surface area contributed by atoms with E-state index in [0.29, 0.717) is 24.2 Å². The molecule has 2 aromatic rings. The van der Waals surface area contributed by atoms with Gasteiger partial charge < -0.3 is 15.0 Å². The van der Waals surface area contributed by atoms with Gasteiger partial charge >= 0.3 is 0 Å². The number of aliphatic hydroxyl groups is 1. The van der Waals surface area contributed by atoms with Crippen molar-refractivity contribution in [3.63, 3.8) is 0 Å². The summed E-state index contributed by atoms with van der Waals surface area (Å²) in [7, 11) is 0. The number of carbonyl (C=O) groups excluding carboxylic acids is 1. The molecule has 0 unspecified atom stereocenters. The average molecular weight is 440 g/mol. The molecule has 32 heavy (non-hydrogen) atoms. The van der Waals surface area contributed by atoms with Crippen LogP contribution in [0.3, 0.4) is 0 Å². The first kappa shape index (κ1) is 21.3. The van der Waals surface area contributed by atoms with Crippen molar-refractivity contribution in [3.8, 4) is 11.1 Å². The summed E-state index contributed by atoms with van der Waals surface area (Å²) < 4.78 is 16.1. The number of aliphatic hydroxyl groups excluding tert-OH is 1. The van der Waals surface area contributed by atoms with E-state index in [1.54, 1.807) is 28.8 Å². The molecule has 2 aliphatic heterocycles. The maximum Gasteiger partial charge on any atom is 0.258 e. The van der Waals surface area contributed by atoms with Crippen LogP contribution in [0.1, 0.15) is 44.3 Å². The summed E-state index contributed by atoms with van der Waals surface area (Å²) in [6.45, 7) is 3.11. The van der Waals surface area contributed by atoms with Gasteiger partial charge in [-0.3, -0.25) is 14.5 Å². The molecule has 2 N–H and O–H groups in total. The van der Waals surface area contributed by atoms with Crippen molar-refractivity contribution >= 4 is 5.91 Å². The first-order valence-electron chi connectivity index (χ1n) is 11.7. The van der Waals surface area contributed by atoms with E-state index in [4.69, 9.17) is 0 Å². The van der Waals surface area contributed by atoms with Crippen LogP contribution in [0.25, 0.3) is 11.1 Å². The number of fused-ring (bicyclic) bond motifs is 3. The molecule has 1 aromatic carbocycles. The fourth-order valence-electron chi connectivity index (χ4n) is 5.85. The minimum atomic E-state index is -0.420. The van der Waals surface area contributed by atoms with Crippen molar-refractivity contribution in [2.45, 2.75) is 57.3 Å². The Kier molecular flexibility index (Phi) is 5.63. The van der Waals surface area contributed by atoms with E-state index in [1.165, 1.54) is 6.07 Å². The van der Waals surface area contributed by atoms with Crippen LogP contribution in [-0.2, 0) is 11.3 Å². The van der Waals surface area contributed by atoms with Crippen molar-refractivity contribution in [1.82, 2.24) is 14.8 Å². The third kappa shape index (κ3) is 3.30. The van der Waals surface area contributed by atoms with E-state index in [9.17, 15) is 19.1 Å². The van der Waals surface area contributed by atoms with Gasteiger partial charge in [-0.15, -0.1) is 0 Å². The Hall–Kier alpha value is -2.51. The number of carbonyl (C=O) groups is 1. The lowest BCUT2D eigenvalue weighted by atomic mass is 9.87. The van der Waals surface area contributed by atoms with Gasteiger partial charge in [-0.25, -0.2) is 4.39 Å². The van der Waals surface area contributed by atoms with Crippen molar-refractivity contribution in [2.75, 3.05) is 13.2 Å². The van der Waals surface area contributed by atoms with Gasteiger partial charge in [0.25, 0.3) is 5.56 Å². The van der Waals surface area contributed by atoms with Crippen molar-refractivity contribution in [1.29, 1.82) is 0 Å². The largest absolute Gasteiger partial charge is 0.396 e. The molecule has 1 saturated carbocycles. The van der Waals surface area contributed by atoms with Crippen molar-refractivity contribution in [3.05, 3.63) is 58.3 Å². The molecule has 0 bridgehead atoms. The quantitative estimate of drug-likeness (QED) is 0.726. The van der Waals surface area contributed by atoms with Crippen LogP contribution in [0, 0.1) is 17.7 Å². The number of hydrogen-bond acceptors (Lipinski definition) is 4. The first-order valence-corrected chi connectivity index (χ1v) is 11.7. The highest BCUT2D eigenvalue weighted by molar-refractivity contribution is 5.83. The number of nitrogens with one attached hydrogen (secondary N) is 1. The van der Waals surface area contributed by atoms with E-state index < -0.39 is 11.9 Å². The van der Waals surface area contributed by atoms with Crippen LogP contribution in [0.5, 0.6) is 0 Å². The van der Waals surface area contributed by atoms with E-state index >= 15 is 0 Å². The van der Waals surface area contributed by atoms with E-state index in [2.05, 4.69) is 17.1 Å². The molecule has 3 heterocycles. The van der Waals surface area contributed by atoms with Gasteiger partial charge in [-0.2, -0.15) is 0 Å². The summed E-state index contributed by atoms with van der Waals surface area (Å²) in [6.07, 6.45) is 4.04. The Balaban J connectivity index is 1.52. The second-order valence-electron chi connectivity index (χ2n) is 9.34. The van der Waals surface area contributed by atoms with Gasteiger partial charge in [0, 0.05) is 42.3 Å². The van der Waals surface area contributed by atoms with Crippen LogP contribution in [0.2, 0.25) is 0 Å². The van der Waals surface area contributed by atoms with Crippen LogP contribution in [0.4, 0.5) is 4.39 Å². The smallest absolute Gasteiger partial charge is 0.258 e. The lowest BCUT2D eigenvalue weighted by Crippen LogP contribution is -2.52. The molecule has 0 spiro atoms. The van der Waals surface area contributed by atoms with Gasteiger partial charge in [0.05, 0.1) is 17.6 Å². The monoisotopic (exact) mass is 439 g/mol. The molecule has 0 radical (unpaired) electrons. The standard InChI is InChI=1S/C25H30FN3O3/c1-2-12-28-22-18(19(14-30)23(28)24(31)27-15-6-5-7-15)13-29-21(22)11-10-17(25(29)32)16-8-3-4-9-20(16)26/h3-4,8-11,15,18-19,22-23,30H,2,5-7,12-14H2,1H3,(H,27,31)/t18-,19-,22+,23-/m0/s1. The van der Waals surface area contributed by atoms with Crippen molar-refractivity contribution < 1.29 is 14.3 Å². The lowest BCUT2D eigenvalue weighted by molar-refractivity contribution is -0.129. The zero-order valence-corrected chi connectivity index (χ0v) is 18.3. The molecule has 1 amide bonds. The van der Waals surface area contributed by atoms with E-state index in [0.717, 1.165) is 31.4 Å². The Morgan fingerprint density at radius 2 is 1.97 bits per heavy atom. The highest BCUT2D eigenvalue weighted by Crippen LogP contribution is 2.49. The summed E-state index contributed by atoms with van der Waals surface area (Å²) in [6, 6.07) is 9.65. The number of hydrogen-bond donors (Lipinski definition) is 2. The number of likely N-dealkylation sites (tertiary alicyclic amines) is 1. The molecule has 2 fully saturated rings. The van der Waals surface area contributed by atoms with Crippen LogP contribution in [-0.4, -0.2) is 45.7 Å². The van der Waals surface area contributed by atoms with Gasteiger partial charge in [-0.05, 0) is 50.4 Å². The van der Waals surface area contributed by atoms with Gasteiger partial charge in [-0.1, -0.05) is 25.1 Å². The van der Waals surface area contributed by atoms with E-state index in [1.807, 2.05) is 6.07 Å². The molecule has 3 aliphatic rings. The van der Waals surface area contributed by atoms with E-state index in [-0.39, 0.29) is 42.0 Å².